The van der Waals surface area contributed by atoms with Crippen molar-refractivity contribution in [2.45, 2.75) is 19.8 Å². The van der Waals surface area contributed by atoms with Gasteiger partial charge in [-0.05, 0) is 30.5 Å². The molecule has 0 heterocycles. The molecular formula is C14H19FN2O3. The summed E-state index contributed by atoms with van der Waals surface area (Å²) in [7, 11) is 0. The lowest BCUT2D eigenvalue weighted by atomic mass is 10.1. The van der Waals surface area contributed by atoms with E-state index < -0.39 is 17.9 Å². The summed E-state index contributed by atoms with van der Waals surface area (Å²) in [5, 5.41) is 14.0. The summed E-state index contributed by atoms with van der Waals surface area (Å²) in [6.07, 6.45) is 1.05. The van der Waals surface area contributed by atoms with Crippen LogP contribution in [-0.2, 0) is 11.2 Å². The Labute approximate surface area is 117 Å². The normalized spacial score (nSPS) is 11.7. The quantitative estimate of drug-likeness (QED) is 0.713. The fourth-order valence-electron chi connectivity index (χ4n) is 1.66. The van der Waals surface area contributed by atoms with E-state index in [9.17, 15) is 14.0 Å². The fourth-order valence-corrected chi connectivity index (χ4v) is 1.66. The zero-order chi connectivity index (χ0) is 15.0. The summed E-state index contributed by atoms with van der Waals surface area (Å²) in [6, 6.07) is 5.66. The number of benzene rings is 1. The van der Waals surface area contributed by atoms with Crippen LogP contribution in [0.2, 0.25) is 0 Å². The number of amides is 2. The van der Waals surface area contributed by atoms with E-state index >= 15 is 0 Å². The fraction of sp³-hybridized carbons (Fsp3) is 0.429. The highest BCUT2D eigenvalue weighted by molar-refractivity contribution is 5.75. The van der Waals surface area contributed by atoms with Gasteiger partial charge in [0.05, 0.1) is 5.92 Å². The number of halogens is 1. The smallest absolute Gasteiger partial charge is 0.314 e. The number of carbonyl (C=O) groups excluding carboxylic acids is 1. The van der Waals surface area contributed by atoms with Crippen LogP contribution in [0.25, 0.3) is 0 Å². The number of carboxylic acid groups (broad SMARTS) is 1. The third-order valence-corrected chi connectivity index (χ3v) is 2.96. The molecule has 1 atom stereocenters. The van der Waals surface area contributed by atoms with Crippen LogP contribution in [0.3, 0.4) is 0 Å². The Bertz CT molecular complexity index is 448. The Morgan fingerprint density at radius 3 is 2.45 bits per heavy atom. The number of hydrogen-bond acceptors (Lipinski definition) is 2. The van der Waals surface area contributed by atoms with Crippen LogP contribution < -0.4 is 10.6 Å². The SMILES string of the molecule is CCC(CNC(=O)NCCc1ccc(F)cc1)C(=O)O. The number of hydrogen-bond donors (Lipinski definition) is 3. The minimum Gasteiger partial charge on any atom is -0.481 e. The lowest BCUT2D eigenvalue weighted by Gasteiger charge is -2.12. The van der Waals surface area contributed by atoms with E-state index in [1.165, 1.54) is 12.1 Å². The Kier molecular flexibility index (Phi) is 6.49. The first-order valence-electron chi connectivity index (χ1n) is 6.52. The lowest BCUT2D eigenvalue weighted by Crippen LogP contribution is -2.40. The third kappa shape index (κ3) is 5.69. The van der Waals surface area contributed by atoms with E-state index in [-0.39, 0.29) is 12.4 Å². The highest BCUT2D eigenvalue weighted by atomic mass is 19.1. The molecule has 3 N–H and O–H groups in total. The standard InChI is InChI=1S/C14H19FN2O3/c1-2-11(13(18)19)9-17-14(20)16-8-7-10-3-5-12(15)6-4-10/h3-6,11H,2,7-9H2,1H3,(H,18,19)(H2,16,17,20). The summed E-state index contributed by atoms with van der Waals surface area (Å²) in [4.78, 5) is 22.2. The second-order valence-corrected chi connectivity index (χ2v) is 4.46. The Morgan fingerprint density at radius 1 is 1.25 bits per heavy atom. The van der Waals surface area contributed by atoms with Crippen molar-refractivity contribution >= 4 is 12.0 Å². The molecule has 20 heavy (non-hydrogen) atoms. The van der Waals surface area contributed by atoms with Crippen molar-refractivity contribution in [3.8, 4) is 0 Å². The zero-order valence-electron chi connectivity index (χ0n) is 11.4. The summed E-state index contributed by atoms with van der Waals surface area (Å²) in [5.74, 6) is -1.78. The van der Waals surface area contributed by atoms with Crippen LogP contribution in [0.1, 0.15) is 18.9 Å². The molecule has 0 aliphatic carbocycles. The molecule has 0 saturated heterocycles. The monoisotopic (exact) mass is 282 g/mol. The highest BCUT2D eigenvalue weighted by Gasteiger charge is 2.15. The zero-order valence-corrected chi connectivity index (χ0v) is 11.4. The van der Waals surface area contributed by atoms with Crippen molar-refractivity contribution in [3.63, 3.8) is 0 Å². The minimum absolute atomic E-state index is 0.105. The topological polar surface area (TPSA) is 78.4 Å². The molecule has 5 nitrogen and oxygen atoms in total. The van der Waals surface area contributed by atoms with Gasteiger partial charge < -0.3 is 15.7 Å². The molecule has 1 aromatic carbocycles. The molecule has 1 aromatic rings. The second-order valence-electron chi connectivity index (χ2n) is 4.46. The van der Waals surface area contributed by atoms with Crippen molar-refractivity contribution < 1.29 is 19.1 Å². The van der Waals surface area contributed by atoms with E-state index in [1.54, 1.807) is 19.1 Å². The highest BCUT2D eigenvalue weighted by Crippen LogP contribution is 2.03. The van der Waals surface area contributed by atoms with Gasteiger partial charge in [-0.15, -0.1) is 0 Å². The van der Waals surface area contributed by atoms with Gasteiger partial charge in [-0.25, -0.2) is 9.18 Å². The molecule has 6 heteroatoms. The van der Waals surface area contributed by atoms with Gasteiger partial charge >= 0.3 is 12.0 Å². The maximum atomic E-state index is 12.7. The molecule has 1 unspecified atom stereocenters. The number of aliphatic carboxylic acids is 1. The number of nitrogens with one attached hydrogen (secondary N) is 2. The van der Waals surface area contributed by atoms with Crippen molar-refractivity contribution in [2.24, 2.45) is 5.92 Å². The van der Waals surface area contributed by atoms with Crippen molar-refractivity contribution in [3.05, 3.63) is 35.6 Å². The number of urea groups is 1. The first-order valence-corrected chi connectivity index (χ1v) is 6.52. The summed E-state index contributed by atoms with van der Waals surface area (Å²) in [5.41, 5.74) is 0.920. The Hall–Kier alpha value is -2.11. The maximum absolute atomic E-state index is 12.7. The van der Waals surface area contributed by atoms with E-state index in [0.717, 1.165) is 5.56 Å². The molecular weight excluding hydrogens is 263 g/mol. The van der Waals surface area contributed by atoms with Crippen molar-refractivity contribution in [2.75, 3.05) is 13.1 Å². The van der Waals surface area contributed by atoms with Crippen molar-refractivity contribution in [1.82, 2.24) is 10.6 Å². The molecule has 0 fully saturated rings. The van der Waals surface area contributed by atoms with Gasteiger partial charge in [0.1, 0.15) is 5.82 Å². The lowest BCUT2D eigenvalue weighted by molar-refractivity contribution is -0.141. The third-order valence-electron chi connectivity index (χ3n) is 2.96. The second kappa shape index (κ2) is 8.14. The first kappa shape index (κ1) is 15.9. The van der Waals surface area contributed by atoms with Gasteiger partial charge in [0, 0.05) is 13.1 Å². The minimum atomic E-state index is -0.917. The first-order chi connectivity index (χ1) is 9.52. The van der Waals surface area contributed by atoms with Gasteiger partial charge in [-0.1, -0.05) is 19.1 Å². The van der Waals surface area contributed by atoms with E-state index in [1.807, 2.05) is 0 Å². The molecule has 1 rings (SSSR count). The summed E-state index contributed by atoms with van der Waals surface area (Å²) in [6.45, 7) is 2.27. The Morgan fingerprint density at radius 2 is 1.90 bits per heavy atom. The van der Waals surface area contributed by atoms with Crippen LogP contribution in [0, 0.1) is 11.7 Å². The van der Waals surface area contributed by atoms with Gasteiger partial charge in [0.25, 0.3) is 0 Å². The number of carbonyl (C=O) groups is 2. The molecule has 0 bridgehead atoms. The van der Waals surface area contributed by atoms with E-state index in [4.69, 9.17) is 5.11 Å². The van der Waals surface area contributed by atoms with Crippen LogP contribution in [-0.4, -0.2) is 30.2 Å². The molecule has 2 amide bonds. The molecule has 0 aliphatic heterocycles. The molecule has 0 aromatic heterocycles. The predicted molar refractivity (Wildman–Crippen MR) is 72.9 cm³/mol. The van der Waals surface area contributed by atoms with Crippen LogP contribution in [0.4, 0.5) is 9.18 Å². The van der Waals surface area contributed by atoms with Gasteiger partial charge in [-0.3, -0.25) is 4.79 Å². The molecule has 0 aliphatic rings. The molecule has 0 radical (unpaired) electrons. The molecule has 110 valence electrons. The van der Waals surface area contributed by atoms with Crippen LogP contribution in [0.15, 0.2) is 24.3 Å². The van der Waals surface area contributed by atoms with Gasteiger partial charge in [-0.2, -0.15) is 0 Å². The van der Waals surface area contributed by atoms with Gasteiger partial charge in [0.2, 0.25) is 0 Å². The Balaban J connectivity index is 2.23. The maximum Gasteiger partial charge on any atom is 0.314 e. The largest absolute Gasteiger partial charge is 0.481 e. The van der Waals surface area contributed by atoms with Crippen LogP contribution >= 0.6 is 0 Å². The predicted octanol–water partition coefficient (Wildman–Crippen LogP) is 1.78. The average Bonchev–Trinajstić information content (AvgIpc) is 2.41. The molecule has 0 saturated carbocycles. The van der Waals surface area contributed by atoms with Crippen molar-refractivity contribution in [1.29, 1.82) is 0 Å². The van der Waals surface area contributed by atoms with Crippen LogP contribution in [0.5, 0.6) is 0 Å². The van der Waals surface area contributed by atoms with Gasteiger partial charge in [0.15, 0.2) is 0 Å². The summed E-state index contributed by atoms with van der Waals surface area (Å²) < 4.78 is 12.7. The number of rotatable bonds is 7. The average molecular weight is 282 g/mol. The molecule has 0 spiro atoms. The van der Waals surface area contributed by atoms with E-state index in [0.29, 0.717) is 19.4 Å². The summed E-state index contributed by atoms with van der Waals surface area (Å²) >= 11 is 0. The van der Waals surface area contributed by atoms with E-state index in [2.05, 4.69) is 10.6 Å². The number of carboxylic acids is 1.